The van der Waals surface area contributed by atoms with E-state index in [0.29, 0.717) is 5.69 Å². The number of anilines is 1. The van der Waals surface area contributed by atoms with E-state index in [4.69, 9.17) is 17.3 Å². The average molecular weight is 254 g/mol. The molecule has 0 aliphatic carbocycles. The number of thiocarbonyl (C=S) groups is 1. The number of rotatable bonds is 2. The van der Waals surface area contributed by atoms with Crippen molar-refractivity contribution >= 4 is 34.9 Å². The van der Waals surface area contributed by atoms with Gasteiger partial charge in [-0.2, -0.15) is 0 Å². The number of nitrogens with one attached hydrogen (secondary N) is 2. The summed E-state index contributed by atoms with van der Waals surface area (Å²) in [5.74, 6) is -1.93. The quantitative estimate of drug-likeness (QED) is 0.586. The van der Waals surface area contributed by atoms with Gasteiger partial charge in [0, 0.05) is 18.7 Å². The van der Waals surface area contributed by atoms with E-state index in [1.807, 2.05) is 0 Å². The standard InChI is InChI=1S/C10H10N2O4S/c1-5(13)11-10(17)12-6-2-3-7(9(15)16)8(14)4-6/h2-4,14H,1H3,(H,15,16)(H2,11,12,13,17). The molecular formula is C10H10N2O4S. The normalized spacial score (nSPS) is 9.47. The van der Waals surface area contributed by atoms with Crippen molar-refractivity contribution in [1.29, 1.82) is 0 Å². The van der Waals surface area contributed by atoms with Crippen molar-refractivity contribution in [2.75, 3.05) is 5.32 Å². The van der Waals surface area contributed by atoms with Crippen LogP contribution in [0, 0.1) is 0 Å². The number of aromatic hydroxyl groups is 1. The Kier molecular flexibility index (Phi) is 4.00. The van der Waals surface area contributed by atoms with E-state index in [1.165, 1.54) is 25.1 Å². The zero-order valence-corrected chi connectivity index (χ0v) is 9.67. The van der Waals surface area contributed by atoms with Crippen LogP contribution in [0.2, 0.25) is 0 Å². The van der Waals surface area contributed by atoms with Crippen molar-refractivity contribution in [2.24, 2.45) is 0 Å². The molecule has 90 valence electrons. The van der Waals surface area contributed by atoms with Crippen molar-refractivity contribution in [3.63, 3.8) is 0 Å². The molecule has 0 aliphatic heterocycles. The molecule has 0 aromatic heterocycles. The minimum atomic E-state index is -1.22. The molecule has 4 N–H and O–H groups in total. The molecule has 0 atom stereocenters. The fraction of sp³-hybridized carbons (Fsp3) is 0.100. The minimum Gasteiger partial charge on any atom is -0.507 e. The van der Waals surface area contributed by atoms with Crippen molar-refractivity contribution < 1.29 is 19.8 Å². The fourth-order valence-electron chi connectivity index (χ4n) is 1.11. The highest BCUT2D eigenvalue weighted by atomic mass is 32.1. The molecule has 0 heterocycles. The maximum absolute atomic E-state index is 10.7. The van der Waals surface area contributed by atoms with Gasteiger partial charge in [0.2, 0.25) is 5.91 Å². The van der Waals surface area contributed by atoms with Gasteiger partial charge in [0.05, 0.1) is 0 Å². The molecule has 0 unspecified atom stereocenters. The second kappa shape index (κ2) is 5.26. The Balaban J connectivity index is 2.81. The summed E-state index contributed by atoms with van der Waals surface area (Å²) in [7, 11) is 0. The molecular weight excluding hydrogens is 244 g/mol. The van der Waals surface area contributed by atoms with Crippen LogP contribution in [0.15, 0.2) is 18.2 Å². The third kappa shape index (κ3) is 3.72. The highest BCUT2D eigenvalue weighted by Crippen LogP contribution is 2.21. The van der Waals surface area contributed by atoms with Crippen LogP contribution in [0.3, 0.4) is 0 Å². The summed E-state index contributed by atoms with van der Waals surface area (Å²) in [5.41, 5.74) is 0.173. The summed E-state index contributed by atoms with van der Waals surface area (Å²) in [6.07, 6.45) is 0. The maximum atomic E-state index is 10.7. The molecule has 0 radical (unpaired) electrons. The Labute approximate surface area is 102 Å². The molecule has 1 amide bonds. The van der Waals surface area contributed by atoms with Gasteiger partial charge in [-0.15, -0.1) is 0 Å². The van der Waals surface area contributed by atoms with E-state index in [-0.39, 0.29) is 22.3 Å². The Morgan fingerprint density at radius 3 is 2.47 bits per heavy atom. The lowest BCUT2D eigenvalue weighted by atomic mass is 10.2. The first-order chi connectivity index (χ1) is 7.90. The lowest BCUT2D eigenvalue weighted by molar-refractivity contribution is -0.117. The van der Waals surface area contributed by atoms with Crippen LogP contribution in [-0.4, -0.2) is 27.2 Å². The molecule has 0 saturated heterocycles. The monoisotopic (exact) mass is 254 g/mol. The molecule has 1 aromatic rings. The molecule has 7 heteroatoms. The third-order valence-electron chi connectivity index (χ3n) is 1.78. The molecule has 0 spiro atoms. The summed E-state index contributed by atoms with van der Waals surface area (Å²) >= 11 is 4.80. The Bertz CT molecular complexity index is 487. The highest BCUT2D eigenvalue weighted by molar-refractivity contribution is 7.80. The number of hydrogen-bond donors (Lipinski definition) is 4. The molecule has 0 saturated carbocycles. The molecule has 0 fully saturated rings. The Hall–Kier alpha value is -2.15. The Morgan fingerprint density at radius 2 is 2.00 bits per heavy atom. The van der Waals surface area contributed by atoms with Crippen molar-refractivity contribution in [3.8, 4) is 5.75 Å². The number of carboxylic acids is 1. The topological polar surface area (TPSA) is 98.7 Å². The average Bonchev–Trinajstić information content (AvgIpc) is 2.15. The van der Waals surface area contributed by atoms with Gasteiger partial charge in [-0.05, 0) is 24.4 Å². The van der Waals surface area contributed by atoms with Gasteiger partial charge in [0.1, 0.15) is 11.3 Å². The maximum Gasteiger partial charge on any atom is 0.339 e. The van der Waals surface area contributed by atoms with Crippen LogP contribution in [0.1, 0.15) is 17.3 Å². The highest BCUT2D eigenvalue weighted by Gasteiger charge is 2.10. The molecule has 6 nitrogen and oxygen atoms in total. The summed E-state index contributed by atoms with van der Waals surface area (Å²) in [6, 6.07) is 3.87. The number of hydrogen-bond acceptors (Lipinski definition) is 4. The van der Waals surface area contributed by atoms with E-state index in [9.17, 15) is 14.7 Å². The Morgan fingerprint density at radius 1 is 1.35 bits per heavy atom. The van der Waals surface area contributed by atoms with Gasteiger partial charge in [0.15, 0.2) is 5.11 Å². The number of carbonyl (C=O) groups is 2. The van der Waals surface area contributed by atoms with Crippen molar-refractivity contribution in [3.05, 3.63) is 23.8 Å². The van der Waals surface area contributed by atoms with Crippen LogP contribution in [0.5, 0.6) is 5.75 Å². The van der Waals surface area contributed by atoms with Gasteiger partial charge in [-0.25, -0.2) is 4.79 Å². The van der Waals surface area contributed by atoms with Crippen molar-refractivity contribution in [1.82, 2.24) is 5.32 Å². The summed E-state index contributed by atoms with van der Waals surface area (Å²) < 4.78 is 0. The van der Waals surface area contributed by atoms with Crippen LogP contribution in [0.4, 0.5) is 5.69 Å². The summed E-state index contributed by atoms with van der Waals surface area (Å²) in [4.78, 5) is 21.3. The van der Waals surface area contributed by atoms with E-state index in [0.717, 1.165) is 0 Å². The predicted octanol–water partition coefficient (Wildman–Crippen LogP) is 0.923. The SMILES string of the molecule is CC(=O)NC(=S)Nc1ccc(C(=O)O)c(O)c1. The van der Waals surface area contributed by atoms with E-state index in [1.54, 1.807) is 0 Å². The number of carbonyl (C=O) groups excluding carboxylic acids is 1. The third-order valence-corrected chi connectivity index (χ3v) is 1.98. The molecule has 0 bridgehead atoms. The first-order valence-electron chi connectivity index (χ1n) is 4.55. The number of phenols is 1. The zero-order chi connectivity index (χ0) is 13.0. The number of amides is 1. The van der Waals surface area contributed by atoms with Gasteiger partial charge in [-0.1, -0.05) is 0 Å². The van der Waals surface area contributed by atoms with Crippen LogP contribution < -0.4 is 10.6 Å². The lowest BCUT2D eigenvalue weighted by Gasteiger charge is -2.09. The number of benzene rings is 1. The molecule has 17 heavy (non-hydrogen) atoms. The summed E-state index contributed by atoms with van der Waals surface area (Å²) in [6.45, 7) is 1.30. The first kappa shape index (κ1) is 12.9. The second-order valence-electron chi connectivity index (χ2n) is 3.17. The van der Waals surface area contributed by atoms with Crippen LogP contribution in [-0.2, 0) is 4.79 Å². The van der Waals surface area contributed by atoms with Gasteiger partial charge in [0.25, 0.3) is 0 Å². The van der Waals surface area contributed by atoms with E-state index >= 15 is 0 Å². The molecule has 1 rings (SSSR count). The van der Waals surface area contributed by atoms with Crippen LogP contribution in [0.25, 0.3) is 0 Å². The smallest absolute Gasteiger partial charge is 0.339 e. The van der Waals surface area contributed by atoms with Gasteiger partial charge >= 0.3 is 5.97 Å². The molecule has 0 aliphatic rings. The fourth-order valence-corrected chi connectivity index (χ4v) is 1.37. The number of carboxylic acid groups (broad SMARTS) is 1. The lowest BCUT2D eigenvalue weighted by Crippen LogP contribution is -2.32. The van der Waals surface area contributed by atoms with E-state index < -0.39 is 5.97 Å². The van der Waals surface area contributed by atoms with Gasteiger partial charge < -0.3 is 20.8 Å². The van der Waals surface area contributed by atoms with Crippen LogP contribution >= 0.6 is 12.2 Å². The zero-order valence-electron chi connectivity index (χ0n) is 8.85. The van der Waals surface area contributed by atoms with E-state index in [2.05, 4.69) is 10.6 Å². The second-order valence-corrected chi connectivity index (χ2v) is 3.58. The first-order valence-corrected chi connectivity index (χ1v) is 4.96. The van der Waals surface area contributed by atoms with Gasteiger partial charge in [-0.3, -0.25) is 4.79 Å². The number of aromatic carboxylic acids is 1. The molecule has 1 aromatic carbocycles. The largest absolute Gasteiger partial charge is 0.507 e. The predicted molar refractivity (Wildman–Crippen MR) is 65.1 cm³/mol. The minimum absolute atomic E-state index is 0.0694. The summed E-state index contributed by atoms with van der Waals surface area (Å²) in [5, 5.41) is 23.1. The van der Waals surface area contributed by atoms with Crippen molar-refractivity contribution in [2.45, 2.75) is 6.92 Å².